The van der Waals surface area contributed by atoms with E-state index in [-0.39, 0.29) is 0 Å². The van der Waals surface area contributed by atoms with E-state index in [2.05, 4.69) is 27.1 Å². The first-order valence-electron chi connectivity index (χ1n) is 5.69. The van der Waals surface area contributed by atoms with Gasteiger partial charge in [-0.25, -0.2) is 4.98 Å². The summed E-state index contributed by atoms with van der Waals surface area (Å²) in [7, 11) is 0. The molecule has 0 amide bonds. The minimum atomic E-state index is 0.741. The lowest BCUT2D eigenvalue weighted by Gasteiger charge is -2.33. The average molecular weight is 260 g/mol. The lowest BCUT2D eigenvalue weighted by molar-refractivity contribution is 0.131. The Labute approximate surface area is 106 Å². The molecule has 1 aliphatic rings. The molecule has 2 heterocycles. The zero-order chi connectivity index (χ0) is 11.4. The molecule has 0 N–H and O–H groups in total. The molecule has 1 aromatic rings. The van der Waals surface area contributed by atoms with Gasteiger partial charge in [-0.2, -0.15) is 0 Å². The number of nitrogens with zero attached hydrogens (tertiary/aromatic N) is 3. The van der Waals surface area contributed by atoms with Crippen molar-refractivity contribution in [2.45, 2.75) is 13.5 Å². The quantitative estimate of drug-likeness (QED) is 0.769. The van der Waals surface area contributed by atoms with Gasteiger partial charge in [-0.05, 0) is 6.92 Å². The van der Waals surface area contributed by atoms with Gasteiger partial charge in [-0.3, -0.25) is 9.80 Å². The number of thiazole rings is 1. The summed E-state index contributed by atoms with van der Waals surface area (Å²) in [4.78, 5) is 9.40. The number of hydrogen-bond donors (Lipinski definition) is 0. The van der Waals surface area contributed by atoms with Crippen LogP contribution in [0.1, 0.15) is 10.7 Å². The molecule has 1 aliphatic heterocycles. The highest BCUT2D eigenvalue weighted by Crippen LogP contribution is 2.12. The molecule has 0 atom stereocenters. The van der Waals surface area contributed by atoms with Gasteiger partial charge < -0.3 is 0 Å². The number of rotatable bonds is 4. The van der Waals surface area contributed by atoms with E-state index in [1.165, 1.54) is 5.69 Å². The minimum Gasteiger partial charge on any atom is -0.300 e. The standard InChI is InChI=1S/C11H18ClN3S/c1-10-13-11(9-16-10)8-15-6-4-14(3-2-12)5-7-15/h9H,2-8H2,1H3. The second kappa shape index (κ2) is 5.96. The van der Waals surface area contributed by atoms with E-state index >= 15 is 0 Å². The third kappa shape index (κ3) is 3.42. The highest BCUT2D eigenvalue weighted by atomic mass is 35.5. The molecule has 0 aromatic carbocycles. The maximum Gasteiger partial charge on any atom is 0.0897 e. The number of aromatic nitrogens is 1. The second-order valence-corrected chi connectivity index (χ2v) is 5.60. The van der Waals surface area contributed by atoms with Crippen molar-refractivity contribution in [1.29, 1.82) is 0 Å². The Balaban J connectivity index is 1.77. The summed E-state index contributed by atoms with van der Waals surface area (Å²) < 4.78 is 0. The van der Waals surface area contributed by atoms with Gasteiger partial charge in [-0.15, -0.1) is 22.9 Å². The van der Waals surface area contributed by atoms with Crippen LogP contribution in [0.4, 0.5) is 0 Å². The predicted molar refractivity (Wildman–Crippen MR) is 69.3 cm³/mol. The summed E-state index contributed by atoms with van der Waals surface area (Å²) in [5, 5.41) is 3.33. The molecular weight excluding hydrogens is 242 g/mol. The Morgan fingerprint density at radius 1 is 1.31 bits per heavy atom. The van der Waals surface area contributed by atoms with Crippen LogP contribution in [0.5, 0.6) is 0 Å². The van der Waals surface area contributed by atoms with Crippen LogP contribution >= 0.6 is 22.9 Å². The van der Waals surface area contributed by atoms with E-state index in [0.29, 0.717) is 0 Å². The van der Waals surface area contributed by atoms with Crippen molar-refractivity contribution in [3.63, 3.8) is 0 Å². The maximum absolute atomic E-state index is 5.74. The Kier molecular flexibility index (Phi) is 4.58. The first-order valence-corrected chi connectivity index (χ1v) is 7.11. The van der Waals surface area contributed by atoms with Gasteiger partial charge in [0.25, 0.3) is 0 Å². The molecule has 90 valence electrons. The summed E-state index contributed by atoms with van der Waals surface area (Å²) >= 11 is 7.48. The SMILES string of the molecule is Cc1nc(CN2CCN(CCCl)CC2)cs1. The van der Waals surface area contributed by atoms with Crippen molar-refractivity contribution in [3.05, 3.63) is 16.1 Å². The van der Waals surface area contributed by atoms with Gasteiger partial charge in [0.05, 0.1) is 10.7 Å². The fourth-order valence-corrected chi connectivity index (χ4v) is 2.84. The van der Waals surface area contributed by atoms with E-state index in [1.807, 2.05) is 0 Å². The van der Waals surface area contributed by atoms with Crippen LogP contribution < -0.4 is 0 Å². The third-order valence-corrected chi connectivity index (χ3v) is 3.91. The van der Waals surface area contributed by atoms with Crippen molar-refractivity contribution in [2.24, 2.45) is 0 Å². The van der Waals surface area contributed by atoms with Crippen molar-refractivity contribution in [1.82, 2.24) is 14.8 Å². The van der Waals surface area contributed by atoms with Crippen molar-refractivity contribution in [3.8, 4) is 0 Å². The van der Waals surface area contributed by atoms with Gasteiger partial charge in [-0.1, -0.05) is 0 Å². The maximum atomic E-state index is 5.74. The molecule has 0 spiro atoms. The Morgan fingerprint density at radius 3 is 2.56 bits per heavy atom. The number of aryl methyl sites for hydroxylation is 1. The molecule has 1 fully saturated rings. The Bertz CT molecular complexity index is 321. The molecular formula is C11H18ClN3S. The summed E-state index contributed by atoms with van der Waals surface area (Å²) in [6.45, 7) is 8.61. The summed E-state index contributed by atoms with van der Waals surface area (Å²) in [5.41, 5.74) is 1.22. The molecule has 16 heavy (non-hydrogen) atoms. The fraction of sp³-hybridized carbons (Fsp3) is 0.727. The monoisotopic (exact) mass is 259 g/mol. The van der Waals surface area contributed by atoms with Gasteiger partial charge >= 0.3 is 0 Å². The zero-order valence-corrected chi connectivity index (χ0v) is 11.2. The topological polar surface area (TPSA) is 19.4 Å². The van der Waals surface area contributed by atoms with Gasteiger partial charge in [0.15, 0.2) is 0 Å². The molecule has 0 bridgehead atoms. The average Bonchev–Trinajstić information content (AvgIpc) is 2.67. The van der Waals surface area contributed by atoms with Crippen molar-refractivity contribution in [2.75, 3.05) is 38.6 Å². The highest BCUT2D eigenvalue weighted by molar-refractivity contribution is 7.09. The normalized spacial score (nSPS) is 19.1. The number of halogens is 1. The van der Waals surface area contributed by atoms with Gasteiger partial charge in [0.2, 0.25) is 0 Å². The lowest BCUT2D eigenvalue weighted by Crippen LogP contribution is -2.46. The van der Waals surface area contributed by atoms with Crippen LogP contribution in [0, 0.1) is 6.92 Å². The molecule has 2 rings (SSSR count). The highest BCUT2D eigenvalue weighted by Gasteiger charge is 2.16. The molecule has 0 unspecified atom stereocenters. The van der Waals surface area contributed by atoms with Crippen molar-refractivity contribution < 1.29 is 0 Å². The summed E-state index contributed by atoms with van der Waals surface area (Å²) in [6.07, 6.45) is 0. The van der Waals surface area contributed by atoms with E-state index in [1.54, 1.807) is 11.3 Å². The zero-order valence-electron chi connectivity index (χ0n) is 9.65. The Morgan fingerprint density at radius 2 is 2.00 bits per heavy atom. The molecule has 1 saturated heterocycles. The molecule has 0 radical (unpaired) electrons. The molecule has 0 aliphatic carbocycles. The van der Waals surface area contributed by atoms with Crippen molar-refractivity contribution >= 4 is 22.9 Å². The van der Waals surface area contributed by atoms with Crippen LogP contribution in [0.25, 0.3) is 0 Å². The number of hydrogen-bond acceptors (Lipinski definition) is 4. The van der Waals surface area contributed by atoms with Gasteiger partial charge in [0.1, 0.15) is 0 Å². The summed E-state index contributed by atoms with van der Waals surface area (Å²) in [6, 6.07) is 0. The molecule has 0 saturated carbocycles. The van der Waals surface area contributed by atoms with Crippen LogP contribution in [-0.4, -0.2) is 53.4 Å². The lowest BCUT2D eigenvalue weighted by atomic mass is 10.3. The summed E-state index contributed by atoms with van der Waals surface area (Å²) in [5.74, 6) is 0.741. The third-order valence-electron chi connectivity index (χ3n) is 2.92. The first-order chi connectivity index (χ1) is 7.78. The van der Waals surface area contributed by atoms with E-state index < -0.39 is 0 Å². The molecule has 3 nitrogen and oxygen atoms in total. The smallest absolute Gasteiger partial charge is 0.0897 e. The van der Waals surface area contributed by atoms with Crippen LogP contribution in [0.3, 0.4) is 0 Å². The Hall–Kier alpha value is -0.160. The number of alkyl halides is 1. The molecule has 1 aromatic heterocycles. The first kappa shape index (κ1) is 12.3. The second-order valence-electron chi connectivity index (χ2n) is 4.16. The minimum absolute atomic E-state index is 0.741. The van der Waals surface area contributed by atoms with Gasteiger partial charge in [0, 0.05) is 50.5 Å². The fourth-order valence-electron chi connectivity index (χ4n) is 2.00. The largest absolute Gasteiger partial charge is 0.300 e. The van der Waals surface area contributed by atoms with Crippen LogP contribution in [0.15, 0.2) is 5.38 Å². The predicted octanol–water partition coefficient (Wildman–Crippen LogP) is 1.81. The van der Waals surface area contributed by atoms with E-state index in [9.17, 15) is 0 Å². The van der Waals surface area contributed by atoms with Crippen LogP contribution in [-0.2, 0) is 6.54 Å². The van der Waals surface area contributed by atoms with E-state index in [4.69, 9.17) is 11.6 Å². The van der Waals surface area contributed by atoms with Crippen LogP contribution in [0.2, 0.25) is 0 Å². The number of piperazine rings is 1. The molecule has 5 heteroatoms. The van der Waals surface area contributed by atoms with E-state index in [0.717, 1.165) is 50.2 Å².